The van der Waals surface area contributed by atoms with Crippen LogP contribution in [0.2, 0.25) is 0 Å². The summed E-state index contributed by atoms with van der Waals surface area (Å²) in [6, 6.07) is 0.799. The third-order valence-electron chi connectivity index (χ3n) is 10.5. The van der Waals surface area contributed by atoms with Crippen molar-refractivity contribution < 1.29 is 39.6 Å². The summed E-state index contributed by atoms with van der Waals surface area (Å²) in [5, 5.41) is 48.6. The fourth-order valence-corrected chi connectivity index (χ4v) is 7.57. The Hall–Kier alpha value is -3.94. The first kappa shape index (κ1) is 33.4. The molecule has 1 saturated heterocycles. The Balaban J connectivity index is 1.55. The maximum Gasteiger partial charge on any atom is 0.255 e. The predicted molar refractivity (Wildman–Crippen MR) is 171 cm³/mol. The van der Waals surface area contributed by atoms with Crippen molar-refractivity contribution in [1.82, 2.24) is 9.80 Å². The Morgan fingerprint density at radius 2 is 1.72 bits per heavy atom. The Bertz CT molecular complexity index is 1600. The Morgan fingerprint density at radius 3 is 2.24 bits per heavy atom. The average molecular weight is 640 g/mol. The summed E-state index contributed by atoms with van der Waals surface area (Å²) in [6.45, 7) is 9.64. The molecule has 1 fully saturated rings. The molecule has 46 heavy (non-hydrogen) atoms. The molecule has 0 spiro atoms. The molecule has 0 aromatic heterocycles. The van der Waals surface area contributed by atoms with E-state index in [0.717, 1.165) is 0 Å². The first-order valence-corrected chi connectivity index (χ1v) is 15.5. The number of aliphatic hydroxyl groups is 3. The zero-order valence-electron chi connectivity index (χ0n) is 27.6. The number of nitrogens with two attached hydrogens (primary N) is 1. The number of hydrogen-bond acceptors (Lipinski definition) is 11. The highest BCUT2D eigenvalue weighted by atomic mass is 16.3. The Labute approximate surface area is 268 Å². The van der Waals surface area contributed by atoms with Crippen LogP contribution in [0, 0.1) is 23.2 Å². The largest absolute Gasteiger partial charge is 0.510 e. The standard InChI is InChI=1S/C33H45N5O8/c1-14(32(2,3)4)38-12-16(13-38)31(45)35-19-11-20(36(5)6)17-9-15-10-18-24(37(7)8)27(41)23(30(34)44)29(43)33(18,46)28(42)21(15)26(40)22(17)25(19)39/h11,14-16,18,24,39,41-42,46H,9-10,12-13H2,1-8H3,(H2,34,44)(H,35,45)/t14?,15-,18?,24-,33-/m0/s1. The van der Waals surface area contributed by atoms with E-state index < -0.39 is 63.8 Å². The second kappa shape index (κ2) is 11.1. The van der Waals surface area contributed by atoms with Crippen LogP contribution in [-0.4, -0.2) is 113 Å². The van der Waals surface area contributed by atoms with Gasteiger partial charge in [0.1, 0.15) is 17.1 Å². The van der Waals surface area contributed by atoms with Gasteiger partial charge in [-0.25, -0.2) is 0 Å². The van der Waals surface area contributed by atoms with Crippen molar-refractivity contribution >= 4 is 34.8 Å². The number of nitrogens with zero attached hydrogens (tertiary/aromatic N) is 3. The number of anilines is 2. The molecule has 13 nitrogen and oxygen atoms in total. The monoisotopic (exact) mass is 639 g/mol. The van der Waals surface area contributed by atoms with E-state index in [2.05, 4.69) is 37.9 Å². The van der Waals surface area contributed by atoms with Gasteiger partial charge in [0.2, 0.25) is 11.7 Å². The number of carbonyl (C=O) groups excluding carboxylic acids is 4. The molecule has 1 aliphatic heterocycles. The van der Waals surface area contributed by atoms with Crippen LogP contribution in [0.1, 0.15) is 50.0 Å². The van der Waals surface area contributed by atoms with Gasteiger partial charge >= 0.3 is 0 Å². The number of carbonyl (C=O) groups is 4. The fraction of sp³-hybridized carbons (Fsp3) is 0.576. The van der Waals surface area contributed by atoms with E-state index in [0.29, 0.717) is 24.3 Å². The number of rotatable bonds is 6. The molecular weight excluding hydrogens is 594 g/mol. The lowest BCUT2D eigenvalue weighted by Crippen LogP contribution is -2.63. The molecule has 1 aromatic carbocycles. The van der Waals surface area contributed by atoms with Crippen molar-refractivity contribution in [2.24, 2.45) is 28.9 Å². The maximum absolute atomic E-state index is 14.2. The number of nitrogens with one attached hydrogen (secondary N) is 1. The topological polar surface area (TPSA) is 197 Å². The van der Waals surface area contributed by atoms with Crippen molar-refractivity contribution in [1.29, 1.82) is 0 Å². The predicted octanol–water partition coefficient (Wildman–Crippen LogP) is 1.49. The van der Waals surface area contributed by atoms with Crippen molar-refractivity contribution in [2.45, 2.75) is 58.2 Å². The number of fused-ring (bicyclic) bond motifs is 3. The number of primary amides is 1. The number of allylic oxidation sites excluding steroid dienone is 1. The summed E-state index contributed by atoms with van der Waals surface area (Å²) in [7, 11) is 6.69. The number of Topliss-reactive ketones (excluding diaryl/α,β-unsaturated/α-hetero) is 2. The lowest BCUT2D eigenvalue weighted by Gasteiger charge is -2.50. The van der Waals surface area contributed by atoms with Gasteiger partial charge in [-0.15, -0.1) is 0 Å². The van der Waals surface area contributed by atoms with E-state index in [1.165, 1.54) is 4.90 Å². The third kappa shape index (κ3) is 4.87. The molecular formula is C33H45N5O8. The molecule has 0 radical (unpaired) electrons. The number of aliphatic hydroxyl groups excluding tert-OH is 2. The number of phenolic OH excluding ortho intramolecular Hbond substituents is 1. The molecule has 0 saturated carbocycles. The van der Waals surface area contributed by atoms with Gasteiger partial charge in [-0.05, 0) is 56.8 Å². The highest BCUT2D eigenvalue weighted by Gasteiger charge is 2.63. The summed E-state index contributed by atoms with van der Waals surface area (Å²) in [5.74, 6) is -7.85. The van der Waals surface area contributed by atoms with Crippen LogP contribution in [-0.2, 0) is 20.8 Å². The van der Waals surface area contributed by atoms with E-state index >= 15 is 0 Å². The van der Waals surface area contributed by atoms with Crippen molar-refractivity contribution in [2.75, 3.05) is 51.5 Å². The number of aromatic hydroxyl groups is 1. The zero-order chi connectivity index (χ0) is 34.4. The maximum atomic E-state index is 14.2. The summed E-state index contributed by atoms with van der Waals surface area (Å²) < 4.78 is 0. The lowest BCUT2D eigenvalue weighted by molar-refractivity contribution is -0.148. The van der Waals surface area contributed by atoms with Gasteiger partial charge < -0.3 is 36.4 Å². The highest BCUT2D eigenvalue weighted by Crippen LogP contribution is 2.54. The Kier molecular flexibility index (Phi) is 8.06. The fourth-order valence-electron chi connectivity index (χ4n) is 7.57. The molecule has 250 valence electrons. The third-order valence-corrected chi connectivity index (χ3v) is 10.5. The van der Waals surface area contributed by atoms with Gasteiger partial charge in [0.25, 0.3) is 5.91 Å². The SMILES string of the molecule is CC(N1CC(C(=O)Nc2cc(N(C)C)c3c(c2O)C(=O)C2=C(O)[C@]4(O)C(=O)C(C(N)=O)=C(O)[C@@H](N(C)C)C4C[C@@H]2C3)C1)C(C)(C)C. The minimum atomic E-state index is -2.73. The minimum absolute atomic E-state index is 0.0109. The normalized spacial score (nSPS) is 27.6. The van der Waals surface area contributed by atoms with Crippen molar-refractivity contribution in [3.8, 4) is 5.75 Å². The molecule has 3 aliphatic carbocycles. The second-order valence-corrected chi connectivity index (χ2v) is 14.7. The zero-order valence-corrected chi connectivity index (χ0v) is 27.6. The number of amides is 2. The van der Waals surface area contributed by atoms with Crippen molar-refractivity contribution in [3.05, 3.63) is 39.9 Å². The molecule has 5 rings (SSSR count). The van der Waals surface area contributed by atoms with Crippen LogP contribution >= 0.6 is 0 Å². The van der Waals surface area contributed by atoms with E-state index in [1.807, 2.05) is 0 Å². The smallest absolute Gasteiger partial charge is 0.255 e. The average Bonchev–Trinajstić information content (AvgIpc) is 2.90. The molecule has 1 aromatic rings. The summed E-state index contributed by atoms with van der Waals surface area (Å²) in [4.78, 5) is 58.8. The number of phenols is 1. The molecule has 2 unspecified atom stereocenters. The molecule has 1 heterocycles. The number of benzene rings is 1. The van der Waals surface area contributed by atoms with E-state index in [1.54, 1.807) is 39.2 Å². The van der Waals surface area contributed by atoms with Crippen LogP contribution in [0.5, 0.6) is 5.75 Å². The van der Waals surface area contributed by atoms with Gasteiger partial charge in [0.05, 0.1) is 23.2 Å². The molecule has 7 N–H and O–H groups in total. The van der Waals surface area contributed by atoms with Gasteiger partial charge in [0, 0.05) is 50.4 Å². The van der Waals surface area contributed by atoms with Crippen LogP contribution in [0.25, 0.3) is 0 Å². The Morgan fingerprint density at radius 1 is 1.11 bits per heavy atom. The number of likely N-dealkylation sites (tertiary alicyclic amines) is 1. The van der Waals surface area contributed by atoms with E-state index in [4.69, 9.17) is 5.73 Å². The lowest BCUT2D eigenvalue weighted by atomic mass is 9.58. The summed E-state index contributed by atoms with van der Waals surface area (Å²) >= 11 is 0. The molecule has 0 bridgehead atoms. The summed E-state index contributed by atoms with van der Waals surface area (Å²) in [5.41, 5.74) is 2.53. The first-order valence-electron chi connectivity index (χ1n) is 15.5. The second-order valence-electron chi connectivity index (χ2n) is 14.7. The highest BCUT2D eigenvalue weighted by molar-refractivity contribution is 6.25. The van der Waals surface area contributed by atoms with Gasteiger partial charge in [-0.3, -0.25) is 29.0 Å². The first-order chi connectivity index (χ1) is 21.2. The quantitative estimate of drug-likeness (QED) is 0.195. The van der Waals surface area contributed by atoms with Crippen LogP contribution in [0.3, 0.4) is 0 Å². The number of ketones is 2. The molecule has 13 heteroatoms. The van der Waals surface area contributed by atoms with Gasteiger partial charge in [0.15, 0.2) is 17.1 Å². The minimum Gasteiger partial charge on any atom is -0.510 e. The molecule has 4 aliphatic rings. The van der Waals surface area contributed by atoms with Crippen LogP contribution in [0.15, 0.2) is 28.7 Å². The molecule has 5 atom stereocenters. The van der Waals surface area contributed by atoms with Crippen molar-refractivity contribution in [3.63, 3.8) is 0 Å². The van der Waals surface area contributed by atoms with Gasteiger partial charge in [-0.1, -0.05) is 20.8 Å². The van der Waals surface area contributed by atoms with Crippen LogP contribution in [0.4, 0.5) is 11.4 Å². The van der Waals surface area contributed by atoms with E-state index in [-0.39, 0.29) is 52.9 Å². The van der Waals surface area contributed by atoms with E-state index in [9.17, 15) is 39.6 Å². The van der Waals surface area contributed by atoms with Crippen LogP contribution < -0.4 is 16.0 Å². The molecule has 2 amide bonds. The van der Waals surface area contributed by atoms with Gasteiger partial charge in [-0.2, -0.15) is 0 Å². The summed E-state index contributed by atoms with van der Waals surface area (Å²) in [6.07, 6.45) is 0.134. The number of likely N-dealkylation sites (N-methyl/N-ethyl adjacent to an activating group) is 1. The number of hydrogen-bond donors (Lipinski definition) is 6.